The fraction of sp³-hybridized carbons (Fsp3) is 0.667. The molecule has 3 heterocycles. The molecule has 0 amide bonds. The molecule has 1 aliphatic rings. The number of nitrogens with one attached hydrogen (secondary N) is 2. The molecule has 1 aliphatic heterocycles. The summed E-state index contributed by atoms with van der Waals surface area (Å²) in [6.45, 7) is 7.47. The number of aliphatic imine (C=N–C) groups is 1. The quantitative estimate of drug-likeness (QED) is 0.345. The van der Waals surface area contributed by atoms with Crippen molar-refractivity contribution >= 4 is 41.3 Å². The Bertz CT molecular complexity index is 725. The lowest BCUT2D eigenvalue weighted by Crippen LogP contribution is -2.38. The summed E-state index contributed by atoms with van der Waals surface area (Å²) in [5.74, 6) is 2.90. The van der Waals surface area contributed by atoms with Crippen LogP contribution in [0.1, 0.15) is 54.6 Å². The van der Waals surface area contributed by atoms with E-state index < -0.39 is 0 Å². The van der Waals surface area contributed by atoms with Crippen LogP contribution in [0.2, 0.25) is 0 Å². The Morgan fingerprint density at radius 3 is 2.89 bits per heavy atom. The summed E-state index contributed by atoms with van der Waals surface area (Å²) in [5, 5.41) is 16.6. The Morgan fingerprint density at radius 1 is 1.22 bits per heavy atom. The molecule has 2 N–H and O–H groups in total. The molecule has 0 saturated heterocycles. The van der Waals surface area contributed by atoms with Gasteiger partial charge in [-0.3, -0.25) is 0 Å². The lowest BCUT2D eigenvalue weighted by Gasteiger charge is -2.11. The van der Waals surface area contributed by atoms with Gasteiger partial charge in [-0.15, -0.1) is 45.5 Å². The fourth-order valence-corrected chi connectivity index (χ4v) is 3.93. The summed E-state index contributed by atoms with van der Waals surface area (Å²) in [6.07, 6.45) is 8.66. The standard InChI is InChI=1S/C18H29N7S.HI/c1-3-14-12-21-17(26-14)9-10-20-18(19-4-2)22-13-16-24-23-15-8-6-5-7-11-25(15)16;/h12H,3-11,13H2,1-2H3,(H2,19,20,22);1H. The van der Waals surface area contributed by atoms with Gasteiger partial charge in [-0.05, 0) is 26.2 Å². The first-order valence-corrected chi connectivity index (χ1v) is 10.5. The molecule has 9 heteroatoms. The van der Waals surface area contributed by atoms with Gasteiger partial charge in [0.2, 0.25) is 0 Å². The monoisotopic (exact) mass is 503 g/mol. The van der Waals surface area contributed by atoms with Crippen molar-refractivity contribution in [3.63, 3.8) is 0 Å². The van der Waals surface area contributed by atoms with E-state index in [1.165, 1.54) is 29.1 Å². The van der Waals surface area contributed by atoms with Crippen molar-refractivity contribution in [2.75, 3.05) is 13.1 Å². The van der Waals surface area contributed by atoms with Gasteiger partial charge in [0.25, 0.3) is 0 Å². The third-order valence-corrected chi connectivity index (χ3v) is 5.69. The lowest BCUT2D eigenvalue weighted by molar-refractivity contribution is 0.605. The molecule has 150 valence electrons. The molecule has 0 aliphatic carbocycles. The minimum absolute atomic E-state index is 0. The van der Waals surface area contributed by atoms with Crippen LogP contribution in [-0.2, 0) is 32.4 Å². The molecule has 7 nitrogen and oxygen atoms in total. The van der Waals surface area contributed by atoms with Crippen molar-refractivity contribution in [3.05, 3.63) is 27.7 Å². The highest BCUT2D eigenvalue weighted by molar-refractivity contribution is 14.0. The number of thiazole rings is 1. The maximum atomic E-state index is 4.70. The van der Waals surface area contributed by atoms with Crippen LogP contribution in [0.15, 0.2) is 11.2 Å². The second kappa shape index (κ2) is 11.6. The molecule has 0 saturated carbocycles. The molecule has 0 aromatic carbocycles. The van der Waals surface area contributed by atoms with Gasteiger partial charge in [-0.25, -0.2) is 9.98 Å². The maximum Gasteiger partial charge on any atom is 0.191 e. The number of rotatable bonds is 7. The molecule has 2 aromatic rings. The fourth-order valence-electron chi connectivity index (χ4n) is 3.07. The SMILES string of the molecule is CCNC(=NCc1nnc2n1CCCCC2)NCCc1ncc(CC)s1.I. The molecular weight excluding hydrogens is 473 g/mol. The van der Waals surface area contributed by atoms with Crippen LogP contribution in [0.5, 0.6) is 0 Å². The third kappa shape index (κ3) is 6.41. The summed E-state index contributed by atoms with van der Waals surface area (Å²) in [6, 6.07) is 0. The smallest absolute Gasteiger partial charge is 0.191 e. The third-order valence-electron chi connectivity index (χ3n) is 4.49. The average molecular weight is 503 g/mol. The van der Waals surface area contributed by atoms with Crippen molar-refractivity contribution in [3.8, 4) is 0 Å². The lowest BCUT2D eigenvalue weighted by atomic mass is 10.2. The van der Waals surface area contributed by atoms with Gasteiger partial charge in [0.1, 0.15) is 12.4 Å². The van der Waals surface area contributed by atoms with E-state index in [1.54, 1.807) is 11.3 Å². The van der Waals surface area contributed by atoms with E-state index in [2.05, 4.69) is 44.2 Å². The van der Waals surface area contributed by atoms with Gasteiger partial charge in [0.15, 0.2) is 11.8 Å². The number of fused-ring (bicyclic) bond motifs is 1. The van der Waals surface area contributed by atoms with Gasteiger partial charge < -0.3 is 15.2 Å². The molecule has 0 bridgehead atoms. The predicted octanol–water partition coefficient (Wildman–Crippen LogP) is 2.94. The highest BCUT2D eigenvalue weighted by Crippen LogP contribution is 2.15. The largest absolute Gasteiger partial charge is 0.357 e. The first-order valence-electron chi connectivity index (χ1n) is 9.66. The number of guanidine groups is 1. The molecule has 0 spiro atoms. The molecule has 27 heavy (non-hydrogen) atoms. The van der Waals surface area contributed by atoms with Crippen molar-refractivity contribution < 1.29 is 0 Å². The van der Waals surface area contributed by atoms with E-state index >= 15 is 0 Å². The molecular formula is C18H30IN7S. The van der Waals surface area contributed by atoms with Crippen molar-refractivity contribution in [1.82, 2.24) is 30.4 Å². The number of halogens is 1. The second-order valence-electron chi connectivity index (χ2n) is 6.44. The summed E-state index contributed by atoms with van der Waals surface area (Å²) in [4.78, 5) is 10.5. The van der Waals surface area contributed by atoms with E-state index in [0.29, 0.717) is 6.54 Å². The highest BCUT2D eigenvalue weighted by Gasteiger charge is 2.14. The van der Waals surface area contributed by atoms with E-state index in [0.717, 1.165) is 56.5 Å². The summed E-state index contributed by atoms with van der Waals surface area (Å²) in [5.41, 5.74) is 0. The van der Waals surface area contributed by atoms with Gasteiger partial charge in [0.05, 0.1) is 5.01 Å². The van der Waals surface area contributed by atoms with Crippen molar-refractivity contribution in [1.29, 1.82) is 0 Å². The van der Waals surface area contributed by atoms with Gasteiger partial charge in [-0.1, -0.05) is 13.3 Å². The van der Waals surface area contributed by atoms with Crippen LogP contribution in [-0.4, -0.2) is 38.8 Å². The molecule has 3 rings (SSSR count). The Labute approximate surface area is 182 Å². The van der Waals surface area contributed by atoms with Crippen molar-refractivity contribution in [2.45, 2.75) is 65.5 Å². The van der Waals surface area contributed by atoms with E-state index in [9.17, 15) is 0 Å². The van der Waals surface area contributed by atoms with Crippen LogP contribution in [0, 0.1) is 0 Å². The van der Waals surface area contributed by atoms with E-state index in [4.69, 9.17) is 4.99 Å². The highest BCUT2D eigenvalue weighted by atomic mass is 127. The topological polar surface area (TPSA) is 80.0 Å². The molecule has 0 atom stereocenters. The van der Waals surface area contributed by atoms with Crippen LogP contribution in [0.25, 0.3) is 0 Å². The first-order chi connectivity index (χ1) is 12.8. The average Bonchev–Trinajstić information content (AvgIpc) is 3.20. The van der Waals surface area contributed by atoms with Gasteiger partial charge in [0, 0.05) is 43.5 Å². The maximum absolute atomic E-state index is 4.70. The van der Waals surface area contributed by atoms with Crippen molar-refractivity contribution in [2.24, 2.45) is 4.99 Å². The zero-order valence-corrected chi connectivity index (χ0v) is 19.3. The predicted molar refractivity (Wildman–Crippen MR) is 121 cm³/mol. The number of hydrogen-bond acceptors (Lipinski definition) is 5. The summed E-state index contributed by atoms with van der Waals surface area (Å²) < 4.78 is 2.25. The summed E-state index contributed by atoms with van der Waals surface area (Å²) in [7, 11) is 0. The van der Waals surface area contributed by atoms with Crippen LogP contribution >= 0.6 is 35.3 Å². The molecule has 2 aromatic heterocycles. The second-order valence-corrected chi connectivity index (χ2v) is 7.64. The van der Waals surface area contributed by atoms with E-state index in [-0.39, 0.29) is 24.0 Å². The van der Waals surface area contributed by atoms with Gasteiger partial charge >= 0.3 is 0 Å². The Kier molecular flexibility index (Phi) is 9.46. The normalized spacial score (nSPS) is 14.2. The van der Waals surface area contributed by atoms with E-state index in [1.807, 2.05) is 6.20 Å². The molecule has 0 radical (unpaired) electrons. The molecule has 0 unspecified atom stereocenters. The number of aromatic nitrogens is 4. The zero-order chi connectivity index (χ0) is 18.2. The van der Waals surface area contributed by atoms with Crippen LogP contribution in [0.4, 0.5) is 0 Å². The van der Waals surface area contributed by atoms with Gasteiger partial charge in [-0.2, -0.15) is 0 Å². The number of nitrogens with zero attached hydrogens (tertiary/aromatic N) is 5. The van der Waals surface area contributed by atoms with Crippen LogP contribution in [0.3, 0.4) is 0 Å². The summed E-state index contributed by atoms with van der Waals surface area (Å²) >= 11 is 1.79. The minimum Gasteiger partial charge on any atom is -0.357 e. The molecule has 0 fully saturated rings. The first kappa shape index (κ1) is 22.1. The Hall–Kier alpha value is -1.23. The Balaban J connectivity index is 0.00000261. The number of hydrogen-bond donors (Lipinski definition) is 2. The van der Waals surface area contributed by atoms with Crippen LogP contribution < -0.4 is 10.6 Å². The zero-order valence-electron chi connectivity index (χ0n) is 16.2. The Morgan fingerprint density at radius 2 is 2.11 bits per heavy atom. The minimum atomic E-state index is 0. The number of aryl methyl sites for hydroxylation is 2.